The molecule has 0 atom stereocenters. The lowest BCUT2D eigenvalue weighted by molar-refractivity contribution is 0.0845. The van der Waals surface area contributed by atoms with E-state index in [1.807, 2.05) is 18.2 Å². The van der Waals surface area contributed by atoms with Crippen LogP contribution in [0.15, 0.2) is 77.7 Å². The van der Waals surface area contributed by atoms with Gasteiger partial charge in [-0.2, -0.15) is 0 Å². The minimum atomic E-state index is -3.85. The van der Waals surface area contributed by atoms with E-state index in [9.17, 15) is 18.0 Å². The van der Waals surface area contributed by atoms with Crippen molar-refractivity contribution in [3.8, 4) is 5.75 Å². The standard InChI is InChI=1S/C22H20ClN3O5S/c1-31-20-11-10-17(23)13-19(20)22(28)26-25-21(27)16-8-5-9-18(12-16)32(29,30)24-14-15-6-3-2-4-7-15/h2-13,24H,14H2,1H3,(H,25,27)(H,26,28). The highest BCUT2D eigenvalue weighted by atomic mass is 35.5. The molecule has 3 rings (SSSR count). The SMILES string of the molecule is COc1ccc(Cl)cc1C(=O)NNC(=O)c1cccc(S(=O)(=O)NCc2ccccc2)c1. The van der Waals surface area contributed by atoms with Crippen molar-refractivity contribution in [3.63, 3.8) is 0 Å². The maximum Gasteiger partial charge on any atom is 0.273 e. The first-order valence-electron chi connectivity index (χ1n) is 9.38. The number of hydrogen-bond donors (Lipinski definition) is 3. The van der Waals surface area contributed by atoms with Crippen molar-refractivity contribution < 1.29 is 22.7 Å². The number of methoxy groups -OCH3 is 1. The minimum Gasteiger partial charge on any atom is -0.496 e. The molecule has 0 saturated heterocycles. The van der Waals surface area contributed by atoms with Crippen LogP contribution in [0.1, 0.15) is 26.3 Å². The van der Waals surface area contributed by atoms with Gasteiger partial charge in [-0.3, -0.25) is 20.4 Å². The quantitative estimate of drug-likeness (QED) is 0.456. The van der Waals surface area contributed by atoms with Crippen molar-refractivity contribution in [1.29, 1.82) is 0 Å². The lowest BCUT2D eigenvalue weighted by atomic mass is 10.2. The Morgan fingerprint density at radius 3 is 2.34 bits per heavy atom. The van der Waals surface area contributed by atoms with E-state index in [4.69, 9.17) is 16.3 Å². The fourth-order valence-electron chi connectivity index (χ4n) is 2.77. The van der Waals surface area contributed by atoms with Gasteiger partial charge in [0.25, 0.3) is 11.8 Å². The summed E-state index contributed by atoms with van der Waals surface area (Å²) in [6, 6.07) is 19.0. The summed E-state index contributed by atoms with van der Waals surface area (Å²) in [5.41, 5.74) is 5.48. The maximum atomic E-state index is 12.6. The molecular formula is C22H20ClN3O5S. The molecule has 0 aliphatic rings. The van der Waals surface area contributed by atoms with E-state index in [2.05, 4.69) is 15.6 Å². The van der Waals surface area contributed by atoms with Crippen molar-refractivity contribution in [3.05, 3.63) is 94.5 Å². The Morgan fingerprint density at radius 1 is 0.906 bits per heavy atom. The molecule has 8 nitrogen and oxygen atoms in total. The van der Waals surface area contributed by atoms with E-state index < -0.39 is 21.8 Å². The summed E-state index contributed by atoms with van der Waals surface area (Å²) in [7, 11) is -2.45. The lowest BCUT2D eigenvalue weighted by Crippen LogP contribution is -2.41. The van der Waals surface area contributed by atoms with Gasteiger partial charge in [-0.15, -0.1) is 0 Å². The van der Waals surface area contributed by atoms with Gasteiger partial charge in [0.05, 0.1) is 17.6 Å². The molecule has 0 spiro atoms. The molecule has 3 N–H and O–H groups in total. The summed E-state index contributed by atoms with van der Waals surface area (Å²) in [5, 5.41) is 0.322. The van der Waals surface area contributed by atoms with Crippen LogP contribution >= 0.6 is 11.6 Å². The number of carbonyl (C=O) groups is 2. The molecule has 166 valence electrons. The van der Waals surface area contributed by atoms with Crippen LogP contribution in [0.5, 0.6) is 5.75 Å². The largest absolute Gasteiger partial charge is 0.496 e. The van der Waals surface area contributed by atoms with Gasteiger partial charge in [0.15, 0.2) is 0 Å². The molecule has 0 fully saturated rings. The number of rotatable bonds is 7. The van der Waals surface area contributed by atoms with E-state index in [0.29, 0.717) is 5.02 Å². The second-order valence-corrected chi connectivity index (χ2v) is 8.79. The van der Waals surface area contributed by atoms with Crippen molar-refractivity contribution in [2.45, 2.75) is 11.4 Å². The average molecular weight is 474 g/mol. The Kier molecular flexibility index (Phi) is 7.47. The van der Waals surface area contributed by atoms with Crippen LogP contribution in [0.2, 0.25) is 5.02 Å². The highest BCUT2D eigenvalue weighted by Gasteiger charge is 2.18. The van der Waals surface area contributed by atoms with Gasteiger partial charge in [-0.1, -0.05) is 48.0 Å². The van der Waals surface area contributed by atoms with Crippen LogP contribution in [0.3, 0.4) is 0 Å². The molecule has 0 bridgehead atoms. The Bertz CT molecular complexity index is 1230. The zero-order valence-corrected chi connectivity index (χ0v) is 18.5. The Balaban J connectivity index is 1.67. The van der Waals surface area contributed by atoms with E-state index >= 15 is 0 Å². The third-order valence-electron chi connectivity index (χ3n) is 4.41. The molecule has 0 radical (unpaired) electrons. The highest BCUT2D eigenvalue weighted by molar-refractivity contribution is 7.89. The average Bonchev–Trinajstić information content (AvgIpc) is 2.81. The van der Waals surface area contributed by atoms with Gasteiger partial charge in [0.2, 0.25) is 10.0 Å². The van der Waals surface area contributed by atoms with Gasteiger partial charge >= 0.3 is 0 Å². The lowest BCUT2D eigenvalue weighted by Gasteiger charge is -2.11. The Morgan fingerprint density at radius 2 is 1.62 bits per heavy atom. The summed E-state index contributed by atoms with van der Waals surface area (Å²) in [6.45, 7) is 0.108. The predicted molar refractivity (Wildman–Crippen MR) is 120 cm³/mol. The first kappa shape index (κ1) is 23.3. The molecular weight excluding hydrogens is 454 g/mol. The number of nitrogens with one attached hydrogen (secondary N) is 3. The molecule has 0 aromatic heterocycles. The number of benzene rings is 3. The fourth-order valence-corrected chi connectivity index (χ4v) is 4.01. The van der Waals surface area contributed by atoms with Crippen LogP contribution in [0.4, 0.5) is 0 Å². The zero-order chi connectivity index (χ0) is 23.1. The van der Waals surface area contributed by atoms with Gasteiger partial charge in [0, 0.05) is 17.1 Å². The zero-order valence-electron chi connectivity index (χ0n) is 17.0. The van der Waals surface area contributed by atoms with Gasteiger partial charge in [-0.25, -0.2) is 13.1 Å². The van der Waals surface area contributed by atoms with Gasteiger partial charge in [0.1, 0.15) is 5.75 Å². The van der Waals surface area contributed by atoms with E-state index in [0.717, 1.165) is 5.56 Å². The van der Waals surface area contributed by atoms with Crippen LogP contribution in [-0.4, -0.2) is 27.3 Å². The first-order valence-corrected chi connectivity index (χ1v) is 11.2. The fraction of sp³-hybridized carbons (Fsp3) is 0.0909. The van der Waals surface area contributed by atoms with Crippen LogP contribution < -0.4 is 20.3 Å². The second kappa shape index (κ2) is 10.3. The number of sulfonamides is 1. The van der Waals surface area contributed by atoms with E-state index in [1.54, 1.807) is 18.2 Å². The number of carbonyl (C=O) groups excluding carboxylic acids is 2. The van der Waals surface area contributed by atoms with Crippen molar-refractivity contribution in [2.75, 3.05) is 7.11 Å². The number of hydrogen-bond acceptors (Lipinski definition) is 5. The van der Waals surface area contributed by atoms with Gasteiger partial charge < -0.3 is 4.74 Å². The van der Waals surface area contributed by atoms with E-state index in [-0.39, 0.29) is 28.3 Å². The predicted octanol–water partition coefficient (Wildman–Crippen LogP) is 2.90. The van der Waals surface area contributed by atoms with Crippen LogP contribution in [0.25, 0.3) is 0 Å². The topological polar surface area (TPSA) is 114 Å². The maximum absolute atomic E-state index is 12.6. The number of hydrazine groups is 1. The molecule has 3 aromatic rings. The van der Waals surface area contributed by atoms with Crippen molar-refractivity contribution in [1.82, 2.24) is 15.6 Å². The molecule has 32 heavy (non-hydrogen) atoms. The number of halogens is 1. The first-order chi connectivity index (χ1) is 15.3. The second-order valence-electron chi connectivity index (χ2n) is 6.59. The van der Waals surface area contributed by atoms with Crippen molar-refractivity contribution in [2.24, 2.45) is 0 Å². The molecule has 0 aliphatic heterocycles. The number of ether oxygens (including phenoxy) is 1. The number of amides is 2. The summed E-state index contributed by atoms with van der Waals surface area (Å²) < 4.78 is 32.8. The molecule has 0 aliphatic carbocycles. The molecule has 3 aromatic carbocycles. The smallest absolute Gasteiger partial charge is 0.273 e. The monoisotopic (exact) mass is 473 g/mol. The molecule has 2 amide bonds. The normalized spacial score (nSPS) is 10.9. The third kappa shape index (κ3) is 5.85. The Labute approximate surface area is 190 Å². The summed E-state index contributed by atoms with van der Waals surface area (Å²) >= 11 is 5.92. The molecule has 0 heterocycles. The Hall–Kier alpha value is -3.40. The van der Waals surface area contributed by atoms with Crippen LogP contribution in [0, 0.1) is 0 Å². The highest BCUT2D eigenvalue weighted by Crippen LogP contribution is 2.22. The third-order valence-corrected chi connectivity index (χ3v) is 6.05. The molecule has 0 saturated carbocycles. The summed E-state index contributed by atoms with van der Waals surface area (Å²) in [4.78, 5) is 24.8. The molecule has 0 unspecified atom stereocenters. The molecule has 10 heteroatoms. The van der Waals surface area contributed by atoms with Crippen molar-refractivity contribution >= 4 is 33.4 Å². The van der Waals surface area contributed by atoms with Crippen LogP contribution in [-0.2, 0) is 16.6 Å². The van der Waals surface area contributed by atoms with E-state index in [1.165, 1.54) is 43.5 Å². The minimum absolute atomic E-state index is 0.0472. The van der Waals surface area contributed by atoms with Gasteiger partial charge in [-0.05, 0) is 42.0 Å². The summed E-state index contributed by atoms with van der Waals surface area (Å²) in [6.07, 6.45) is 0. The summed E-state index contributed by atoms with van der Waals surface area (Å²) in [5.74, 6) is -1.07.